The van der Waals surface area contributed by atoms with Crippen LogP contribution in [0, 0.1) is 22.7 Å². The van der Waals surface area contributed by atoms with Gasteiger partial charge in [0.15, 0.2) is 0 Å². The molecular formula is C13H7ClN4OS. The highest BCUT2D eigenvalue weighted by Gasteiger charge is 2.19. The minimum atomic E-state index is -0.0967. The van der Waals surface area contributed by atoms with E-state index in [1.54, 1.807) is 0 Å². The number of aromatic hydroxyl groups is 1. The van der Waals surface area contributed by atoms with Crippen LogP contribution in [0.15, 0.2) is 23.2 Å². The van der Waals surface area contributed by atoms with Crippen LogP contribution >= 0.6 is 24.2 Å². The molecule has 0 radical (unpaired) electrons. The third kappa shape index (κ3) is 2.23. The molecule has 0 atom stereocenters. The second-order valence-corrected chi connectivity index (χ2v) is 4.67. The summed E-state index contributed by atoms with van der Waals surface area (Å²) < 4.78 is 0. The SMILES string of the molecule is N#Cc1c(N)nc(S)c(C#N)c1-c1ccc(O)c(Cl)c1. The fourth-order valence-electron chi connectivity index (χ4n) is 1.76. The maximum atomic E-state index is 9.44. The van der Waals surface area contributed by atoms with Gasteiger partial charge >= 0.3 is 0 Å². The molecule has 0 saturated heterocycles. The minimum Gasteiger partial charge on any atom is -0.506 e. The highest BCUT2D eigenvalue weighted by atomic mass is 35.5. The number of phenols is 1. The molecule has 0 spiro atoms. The lowest BCUT2D eigenvalue weighted by molar-refractivity contribution is 0.475. The van der Waals surface area contributed by atoms with Gasteiger partial charge in [-0.15, -0.1) is 12.6 Å². The zero-order valence-corrected chi connectivity index (χ0v) is 11.6. The van der Waals surface area contributed by atoms with E-state index in [1.807, 2.05) is 12.1 Å². The Morgan fingerprint density at radius 2 is 1.90 bits per heavy atom. The van der Waals surface area contributed by atoms with Crippen molar-refractivity contribution in [3.8, 4) is 29.0 Å². The van der Waals surface area contributed by atoms with Gasteiger partial charge in [-0.25, -0.2) is 4.98 Å². The number of nitrogen functional groups attached to an aromatic ring is 1. The first-order chi connectivity index (χ1) is 9.49. The van der Waals surface area contributed by atoms with Crippen LogP contribution in [0.3, 0.4) is 0 Å². The number of hydrogen-bond donors (Lipinski definition) is 3. The summed E-state index contributed by atoms with van der Waals surface area (Å²) in [7, 11) is 0. The number of nitrogens with zero attached hydrogens (tertiary/aromatic N) is 3. The minimum absolute atomic E-state index is 0.0179. The van der Waals surface area contributed by atoms with Gasteiger partial charge in [0.2, 0.25) is 0 Å². The summed E-state index contributed by atoms with van der Waals surface area (Å²) >= 11 is 9.95. The first kappa shape index (κ1) is 14.0. The Bertz CT molecular complexity index is 754. The van der Waals surface area contributed by atoms with Crippen LogP contribution in [-0.2, 0) is 0 Å². The second-order valence-electron chi connectivity index (χ2n) is 3.84. The third-order valence-corrected chi connectivity index (χ3v) is 3.29. The van der Waals surface area contributed by atoms with Crippen LogP contribution in [0.2, 0.25) is 5.02 Å². The maximum absolute atomic E-state index is 9.44. The monoisotopic (exact) mass is 302 g/mol. The summed E-state index contributed by atoms with van der Waals surface area (Å²) in [5.41, 5.74) is 6.66. The molecule has 3 N–H and O–H groups in total. The van der Waals surface area contributed by atoms with E-state index in [-0.39, 0.29) is 32.7 Å². The first-order valence-electron chi connectivity index (χ1n) is 5.31. The predicted molar refractivity (Wildman–Crippen MR) is 77.4 cm³/mol. The Morgan fingerprint density at radius 3 is 2.45 bits per heavy atom. The summed E-state index contributed by atoms with van der Waals surface area (Å²) in [6, 6.07) is 8.21. The lowest BCUT2D eigenvalue weighted by Gasteiger charge is -2.11. The van der Waals surface area contributed by atoms with Crippen LogP contribution in [0.25, 0.3) is 11.1 Å². The Labute approximate surface area is 125 Å². The van der Waals surface area contributed by atoms with Crippen molar-refractivity contribution in [2.75, 3.05) is 5.73 Å². The normalized spacial score (nSPS) is 9.80. The van der Waals surface area contributed by atoms with E-state index in [0.29, 0.717) is 11.1 Å². The topological polar surface area (TPSA) is 107 Å². The van der Waals surface area contributed by atoms with E-state index >= 15 is 0 Å². The number of benzene rings is 1. The molecule has 2 rings (SSSR count). The zero-order chi connectivity index (χ0) is 14.9. The van der Waals surface area contributed by atoms with E-state index in [1.165, 1.54) is 18.2 Å². The molecule has 20 heavy (non-hydrogen) atoms. The summed E-state index contributed by atoms with van der Waals surface area (Å²) in [6.07, 6.45) is 0. The van der Waals surface area contributed by atoms with Crippen molar-refractivity contribution in [1.82, 2.24) is 4.98 Å². The van der Waals surface area contributed by atoms with E-state index < -0.39 is 0 Å². The van der Waals surface area contributed by atoms with Crippen LogP contribution in [-0.4, -0.2) is 10.1 Å². The Hall–Kier alpha value is -2.41. The van der Waals surface area contributed by atoms with Gasteiger partial charge in [0.1, 0.15) is 34.3 Å². The molecule has 0 unspecified atom stereocenters. The van der Waals surface area contributed by atoms with E-state index in [9.17, 15) is 15.6 Å². The van der Waals surface area contributed by atoms with Gasteiger partial charge in [0, 0.05) is 5.56 Å². The molecular weight excluding hydrogens is 296 g/mol. The van der Waals surface area contributed by atoms with Crippen molar-refractivity contribution in [3.63, 3.8) is 0 Å². The lowest BCUT2D eigenvalue weighted by atomic mass is 9.97. The quantitative estimate of drug-likeness (QED) is 0.702. The summed E-state index contributed by atoms with van der Waals surface area (Å²) in [5, 5.41) is 28.1. The van der Waals surface area contributed by atoms with Gasteiger partial charge < -0.3 is 10.8 Å². The van der Waals surface area contributed by atoms with Crippen molar-refractivity contribution >= 4 is 30.0 Å². The highest BCUT2D eigenvalue weighted by molar-refractivity contribution is 7.80. The number of phenolic OH excluding ortho intramolecular Hbond substituents is 1. The van der Waals surface area contributed by atoms with Crippen molar-refractivity contribution in [2.24, 2.45) is 0 Å². The fraction of sp³-hybridized carbons (Fsp3) is 0. The van der Waals surface area contributed by atoms with Gasteiger partial charge in [0.05, 0.1) is 10.6 Å². The van der Waals surface area contributed by atoms with Crippen molar-refractivity contribution in [1.29, 1.82) is 10.5 Å². The largest absolute Gasteiger partial charge is 0.506 e. The average molecular weight is 303 g/mol. The number of pyridine rings is 1. The smallest absolute Gasteiger partial charge is 0.143 e. The van der Waals surface area contributed by atoms with Crippen molar-refractivity contribution in [3.05, 3.63) is 34.3 Å². The lowest BCUT2D eigenvalue weighted by Crippen LogP contribution is -2.02. The molecule has 0 aliphatic rings. The fourth-order valence-corrected chi connectivity index (χ4v) is 2.21. The number of nitrogens with two attached hydrogens (primary N) is 1. The first-order valence-corrected chi connectivity index (χ1v) is 6.13. The van der Waals surface area contributed by atoms with Crippen LogP contribution < -0.4 is 5.73 Å². The van der Waals surface area contributed by atoms with E-state index in [4.69, 9.17) is 17.3 Å². The molecule has 0 aliphatic carbocycles. The zero-order valence-electron chi connectivity index (χ0n) is 9.92. The van der Waals surface area contributed by atoms with Crippen molar-refractivity contribution in [2.45, 2.75) is 5.03 Å². The molecule has 0 aliphatic heterocycles. The number of nitriles is 2. The highest BCUT2D eigenvalue weighted by Crippen LogP contribution is 2.36. The molecule has 0 bridgehead atoms. The summed E-state index contributed by atoms with van der Waals surface area (Å²) in [5.74, 6) is -0.115. The standard InChI is InChI=1S/C13H7ClN4OS/c14-9-3-6(1-2-10(9)19)11-7(4-15)12(17)18-13(20)8(11)5-16/h1-3,19H,(H3,17,18,20). The number of hydrogen-bond acceptors (Lipinski definition) is 6. The Kier molecular flexibility index (Phi) is 3.71. The number of rotatable bonds is 1. The van der Waals surface area contributed by atoms with Gasteiger partial charge in [-0.05, 0) is 17.7 Å². The summed E-state index contributed by atoms with van der Waals surface area (Å²) in [4.78, 5) is 3.86. The number of halogens is 1. The maximum Gasteiger partial charge on any atom is 0.143 e. The molecule has 98 valence electrons. The number of aromatic nitrogens is 1. The molecule has 1 aromatic heterocycles. The summed E-state index contributed by atoms with van der Waals surface area (Å²) in [6.45, 7) is 0. The number of anilines is 1. The van der Waals surface area contributed by atoms with Crippen LogP contribution in [0.1, 0.15) is 11.1 Å². The van der Waals surface area contributed by atoms with E-state index in [0.717, 1.165) is 0 Å². The van der Waals surface area contributed by atoms with Gasteiger partial charge in [-0.1, -0.05) is 17.7 Å². The molecule has 1 aromatic carbocycles. The molecule has 5 nitrogen and oxygen atoms in total. The third-order valence-electron chi connectivity index (χ3n) is 2.67. The second kappa shape index (κ2) is 5.30. The molecule has 1 heterocycles. The van der Waals surface area contributed by atoms with Gasteiger partial charge in [-0.2, -0.15) is 10.5 Å². The Balaban J connectivity index is 2.88. The van der Waals surface area contributed by atoms with Gasteiger partial charge in [0.25, 0.3) is 0 Å². The average Bonchev–Trinajstić information content (AvgIpc) is 2.41. The predicted octanol–water partition coefficient (Wildman–Crippen LogP) is 2.72. The molecule has 0 saturated carbocycles. The molecule has 0 amide bonds. The van der Waals surface area contributed by atoms with Crippen molar-refractivity contribution < 1.29 is 5.11 Å². The van der Waals surface area contributed by atoms with E-state index in [2.05, 4.69) is 17.6 Å². The van der Waals surface area contributed by atoms with Crippen LogP contribution in [0.4, 0.5) is 5.82 Å². The van der Waals surface area contributed by atoms with Gasteiger partial charge in [-0.3, -0.25) is 0 Å². The molecule has 0 fully saturated rings. The Morgan fingerprint density at radius 1 is 1.25 bits per heavy atom. The van der Waals surface area contributed by atoms with Crippen LogP contribution in [0.5, 0.6) is 5.75 Å². The molecule has 7 heteroatoms. The number of thiol groups is 1. The molecule has 2 aromatic rings.